The lowest BCUT2D eigenvalue weighted by Gasteiger charge is -2.05. The summed E-state index contributed by atoms with van der Waals surface area (Å²) in [6, 6.07) is 16.8. The molecule has 0 aliphatic carbocycles. The Bertz CT molecular complexity index is 591. The molecule has 1 nitrogen and oxygen atoms in total. The van der Waals surface area contributed by atoms with E-state index in [2.05, 4.69) is 67.3 Å². The summed E-state index contributed by atoms with van der Waals surface area (Å²) in [6.45, 7) is 2.55. The van der Waals surface area contributed by atoms with Gasteiger partial charge in [0.1, 0.15) is 0 Å². The van der Waals surface area contributed by atoms with E-state index in [0.29, 0.717) is 6.54 Å². The summed E-state index contributed by atoms with van der Waals surface area (Å²) in [5.74, 6) is 6.88. The van der Waals surface area contributed by atoms with Crippen LogP contribution in [0.1, 0.15) is 16.7 Å². The lowest BCUT2D eigenvalue weighted by Crippen LogP contribution is -1.93. The molecule has 0 heterocycles. The minimum absolute atomic E-state index is 0.408. The SMILES string of the molecule is Cc1ccccc1SCc1ccc(C#CCN)cc1. The van der Waals surface area contributed by atoms with E-state index in [-0.39, 0.29) is 0 Å². The van der Waals surface area contributed by atoms with Gasteiger partial charge in [-0.15, -0.1) is 11.8 Å². The second kappa shape index (κ2) is 7.04. The van der Waals surface area contributed by atoms with Crippen molar-refractivity contribution in [3.05, 3.63) is 65.2 Å². The van der Waals surface area contributed by atoms with Gasteiger partial charge in [0, 0.05) is 16.2 Å². The van der Waals surface area contributed by atoms with Gasteiger partial charge in [-0.2, -0.15) is 0 Å². The van der Waals surface area contributed by atoms with E-state index in [9.17, 15) is 0 Å². The van der Waals surface area contributed by atoms with Crippen LogP contribution in [-0.2, 0) is 5.75 Å². The first-order chi connectivity index (χ1) is 9.29. The molecular formula is C17H17NS. The first-order valence-corrected chi connectivity index (χ1v) is 7.24. The van der Waals surface area contributed by atoms with Crippen LogP contribution in [0.4, 0.5) is 0 Å². The van der Waals surface area contributed by atoms with E-state index in [1.165, 1.54) is 16.0 Å². The number of aryl methyl sites for hydroxylation is 1. The van der Waals surface area contributed by atoms with Gasteiger partial charge in [-0.25, -0.2) is 0 Å². The van der Waals surface area contributed by atoms with Crippen LogP contribution in [0.5, 0.6) is 0 Å². The normalized spacial score (nSPS) is 9.79. The Morgan fingerprint density at radius 3 is 2.47 bits per heavy atom. The third kappa shape index (κ3) is 4.17. The molecule has 0 bridgehead atoms. The van der Waals surface area contributed by atoms with Crippen molar-refractivity contribution in [3.8, 4) is 11.8 Å². The summed E-state index contributed by atoms with van der Waals surface area (Å²) >= 11 is 1.87. The molecule has 0 aromatic heterocycles. The fourth-order valence-corrected chi connectivity index (χ4v) is 2.70. The van der Waals surface area contributed by atoms with E-state index >= 15 is 0 Å². The molecule has 96 valence electrons. The van der Waals surface area contributed by atoms with E-state index in [1.54, 1.807) is 0 Å². The standard InChI is InChI=1S/C17H17NS/c1-14-5-2-3-7-17(14)19-13-16-10-8-15(9-11-16)6-4-12-18/h2-3,5,7-11H,12-13,18H2,1H3. The first-order valence-electron chi connectivity index (χ1n) is 6.26. The highest BCUT2D eigenvalue weighted by molar-refractivity contribution is 7.98. The molecule has 2 heteroatoms. The van der Waals surface area contributed by atoms with Crippen molar-refractivity contribution >= 4 is 11.8 Å². The van der Waals surface area contributed by atoms with Gasteiger partial charge in [-0.1, -0.05) is 42.2 Å². The second-order valence-corrected chi connectivity index (χ2v) is 5.27. The minimum atomic E-state index is 0.408. The topological polar surface area (TPSA) is 26.0 Å². The van der Waals surface area contributed by atoms with Crippen molar-refractivity contribution in [1.29, 1.82) is 0 Å². The summed E-state index contributed by atoms with van der Waals surface area (Å²) < 4.78 is 0. The summed E-state index contributed by atoms with van der Waals surface area (Å²) in [5, 5.41) is 0. The molecule has 0 aliphatic rings. The number of nitrogens with two attached hydrogens (primary N) is 1. The maximum Gasteiger partial charge on any atom is 0.0555 e. The van der Waals surface area contributed by atoms with Crippen molar-refractivity contribution in [2.24, 2.45) is 5.73 Å². The highest BCUT2D eigenvalue weighted by atomic mass is 32.2. The zero-order chi connectivity index (χ0) is 13.5. The molecule has 0 saturated heterocycles. The van der Waals surface area contributed by atoms with Crippen LogP contribution in [-0.4, -0.2) is 6.54 Å². The first kappa shape index (κ1) is 13.7. The zero-order valence-corrected chi connectivity index (χ0v) is 11.8. The Morgan fingerprint density at radius 2 is 1.79 bits per heavy atom. The fourth-order valence-electron chi connectivity index (χ4n) is 1.72. The predicted molar refractivity (Wildman–Crippen MR) is 83.1 cm³/mol. The second-order valence-electron chi connectivity index (χ2n) is 4.26. The van der Waals surface area contributed by atoms with Crippen molar-refractivity contribution < 1.29 is 0 Å². The minimum Gasteiger partial charge on any atom is -0.320 e. The molecular weight excluding hydrogens is 250 g/mol. The predicted octanol–water partition coefficient (Wildman–Crippen LogP) is 3.60. The molecule has 19 heavy (non-hydrogen) atoms. The average molecular weight is 267 g/mol. The molecule has 0 amide bonds. The van der Waals surface area contributed by atoms with Gasteiger partial charge in [0.05, 0.1) is 6.54 Å². The number of hydrogen-bond donors (Lipinski definition) is 1. The lowest BCUT2D eigenvalue weighted by molar-refractivity contribution is 1.29. The van der Waals surface area contributed by atoms with Crippen LogP contribution in [0.25, 0.3) is 0 Å². The van der Waals surface area contributed by atoms with E-state index < -0.39 is 0 Å². The zero-order valence-electron chi connectivity index (χ0n) is 11.0. The smallest absolute Gasteiger partial charge is 0.0555 e. The van der Waals surface area contributed by atoms with Gasteiger partial charge in [0.25, 0.3) is 0 Å². The fraction of sp³-hybridized carbons (Fsp3) is 0.176. The summed E-state index contributed by atoms with van der Waals surface area (Å²) in [6.07, 6.45) is 0. The maximum atomic E-state index is 5.36. The quantitative estimate of drug-likeness (QED) is 0.679. The Kier molecular flexibility index (Phi) is 5.09. The van der Waals surface area contributed by atoms with Crippen LogP contribution in [0, 0.1) is 18.8 Å². The van der Waals surface area contributed by atoms with Crippen molar-refractivity contribution in [3.63, 3.8) is 0 Å². The largest absolute Gasteiger partial charge is 0.320 e. The highest BCUT2D eigenvalue weighted by Gasteiger charge is 1.99. The maximum absolute atomic E-state index is 5.36. The third-order valence-corrected chi connectivity index (χ3v) is 4.02. The Balaban J connectivity index is 1.99. The molecule has 0 spiro atoms. The van der Waals surface area contributed by atoms with Gasteiger partial charge < -0.3 is 5.73 Å². The van der Waals surface area contributed by atoms with Gasteiger partial charge in [-0.3, -0.25) is 0 Å². The Morgan fingerprint density at radius 1 is 1.05 bits per heavy atom. The molecule has 0 aliphatic heterocycles. The van der Waals surface area contributed by atoms with Crippen molar-refractivity contribution in [1.82, 2.24) is 0 Å². The van der Waals surface area contributed by atoms with E-state index in [0.717, 1.165) is 11.3 Å². The third-order valence-electron chi connectivity index (χ3n) is 2.78. The van der Waals surface area contributed by atoms with E-state index in [1.807, 2.05) is 11.8 Å². The summed E-state index contributed by atoms with van der Waals surface area (Å²) in [5.41, 5.74) is 9.02. The van der Waals surface area contributed by atoms with Crippen LogP contribution in [0.15, 0.2) is 53.4 Å². The Labute approximate surface area is 119 Å². The highest BCUT2D eigenvalue weighted by Crippen LogP contribution is 2.25. The monoisotopic (exact) mass is 267 g/mol. The summed E-state index contributed by atoms with van der Waals surface area (Å²) in [7, 11) is 0. The van der Waals surface area contributed by atoms with Gasteiger partial charge in [-0.05, 0) is 36.2 Å². The molecule has 2 rings (SSSR count). The van der Waals surface area contributed by atoms with Crippen LogP contribution in [0.2, 0.25) is 0 Å². The molecule has 2 aromatic rings. The van der Waals surface area contributed by atoms with Gasteiger partial charge >= 0.3 is 0 Å². The van der Waals surface area contributed by atoms with Gasteiger partial charge in [0.15, 0.2) is 0 Å². The van der Waals surface area contributed by atoms with E-state index in [4.69, 9.17) is 5.73 Å². The van der Waals surface area contributed by atoms with Crippen LogP contribution >= 0.6 is 11.8 Å². The van der Waals surface area contributed by atoms with Crippen LogP contribution in [0.3, 0.4) is 0 Å². The van der Waals surface area contributed by atoms with Crippen molar-refractivity contribution in [2.45, 2.75) is 17.6 Å². The number of hydrogen-bond acceptors (Lipinski definition) is 2. The molecule has 2 aromatic carbocycles. The number of thioether (sulfide) groups is 1. The number of rotatable bonds is 3. The molecule has 0 radical (unpaired) electrons. The molecule has 0 unspecified atom stereocenters. The van der Waals surface area contributed by atoms with Gasteiger partial charge in [0.2, 0.25) is 0 Å². The molecule has 2 N–H and O–H groups in total. The summed E-state index contributed by atoms with van der Waals surface area (Å²) in [4.78, 5) is 1.34. The average Bonchev–Trinajstić information content (AvgIpc) is 2.45. The lowest BCUT2D eigenvalue weighted by atomic mass is 10.1. The molecule has 0 saturated carbocycles. The number of benzene rings is 2. The Hall–Kier alpha value is -1.69. The molecule has 0 atom stereocenters. The van der Waals surface area contributed by atoms with Crippen molar-refractivity contribution in [2.75, 3.05) is 6.54 Å². The molecule has 0 fully saturated rings. The van der Waals surface area contributed by atoms with Crippen LogP contribution < -0.4 is 5.73 Å².